The monoisotopic (exact) mass is 277 g/mol. The smallest absolute Gasteiger partial charge is 0.127 e. The Morgan fingerprint density at radius 3 is 2.60 bits per heavy atom. The molecule has 0 aromatic heterocycles. The van der Waals surface area contributed by atoms with Gasteiger partial charge >= 0.3 is 0 Å². The first-order valence-corrected chi connectivity index (χ1v) is 7.53. The van der Waals surface area contributed by atoms with Gasteiger partial charge in [-0.1, -0.05) is 18.2 Å². The van der Waals surface area contributed by atoms with E-state index in [1.54, 1.807) is 0 Å². The first kappa shape index (κ1) is 15.3. The highest BCUT2D eigenvalue weighted by molar-refractivity contribution is 5.41. The largest absolute Gasteiger partial charge is 0.490 e. The van der Waals surface area contributed by atoms with Crippen LogP contribution in [0.15, 0.2) is 18.2 Å². The zero-order valence-electron chi connectivity index (χ0n) is 13.2. The van der Waals surface area contributed by atoms with Crippen molar-refractivity contribution in [1.82, 2.24) is 5.32 Å². The molecule has 3 heteroatoms. The van der Waals surface area contributed by atoms with Gasteiger partial charge in [-0.2, -0.15) is 0 Å². The van der Waals surface area contributed by atoms with Crippen molar-refractivity contribution in [3.63, 3.8) is 0 Å². The van der Waals surface area contributed by atoms with E-state index >= 15 is 0 Å². The predicted octanol–water partition coefficient (Wildman–Crippen LogP) is 3.44. The summed E-state index contributed by atoms with van der Waals surface area (Å²) in [6, 6.07) is 6.38. The molecule has 1 aromatic carbocycles. The topological polar surface area (TPSA) is 30.5 Å². The molecule has 0 bridgehead atoms. The molecule has 1 saturated heterocycles. The average Bonchev–Trinajstić information content (AvgIpc) is 2.40. The Balaban J connectivity index is 2.09. The molecule has 1 aromatic rings. The number of nitrogens with one attached hydrogen (secondary N) is 1. The van der Waals surface area contributed by atoms with E-state index in [0.29, 0.717) is 6.10 Å². The van der Waals surface area contributed by atoms with E-state index < -0.39 is 0 Å². The van der Waals surface area contributed by atoms with Gasteiger partial charge in [0.15, 0.2) is 0 Å². The van der Waals surface area contributed by atoms with E-state index in [4.69, 9.17) is 9.47 Å². The molecule has 0 radical (unpaired) electrons. The van der Waals surface area contributed by atoms with Crippen molar-refractivity contribution in [3.8, 4) is 5.75 Å². The van der Waals surface area contributed by atoms with Crippen LogP contribution in [0.2, 0.25) is 0 Å². The minimum absolute atomic E-state index is 0.111. The third kappa shape index (κ3) is 4.50. The van der Waals surface area contributed by atoms with Gasteiger partial charge in [-0.15, -0.1) is 0 Å². The van der Waals surface area contributed by atoms with E-state index in [1.807, 2.05) is 0 Å². The fourth-order valence-electron chi connectivity index (χ4n) is 2.34. The zero-order chi connectivity index (χ0) is 14.6. The molecule has 1 heterocycles. The highest BCUT2D eigenvalue weighted by Gasteiger charge is 2.18. The van der Waals surface area contributed by atoms with Crippen LogP contribution in [0.1, 0.15) is 44.7 Å². The summed E-state index contributed by atoms with van der Waals surface area (Å²) in [5, 5.41) is 3.54. The molecule has 1 fully saturated rings. The SMILES string of the molecule is Cc1cccc(CNC(C)(C)C)c1OC1CCOCC1. The van der Waals surface area contributed by atoms with Crippen molar-refractivity contribution in [2.24, 2.45) is 0 Å². The van der Waals surface area contributed by atoms with Gasteiger partial charge in [0, 0.05) is 30.5 Å². The summed E-state index contributed by atoms with van der Waals surface area (Å²) in [5.41, 5.74) is 2.57. The number of ether oxygens (including phenoxy) is 2. The summed E-state index contributed by atoms with van der Waals surface area (Å²) >= 11 is 0. The van der Waals surface area contributed by atoms with Crippen molar-refractivity contribution < 1.29 is 9.47 Å². The number of hydrogen-bond donors (Lipinski definition) is 1. The Hall–Kier alpha value is -1.06. The van der Waals surface area contributed by atoms with Gasteiger partial charge in [-0.05, 0) is 33.3 Å². The van der Waals surface area contributed by atoms with Crippen LogP contribution in [0.5, 0.6) is 5.75 Å². The Labute approximate surface area is 122 Å². The third-order valence-electron chi connectivity index (χ3n) is 3.56. The molecule has 1 N–H and O–H groups in total. The Kier molecular flexibility index (Phi) is 5.06. The van der Waals surface area contributed by atoms with Crippen molar-refractivity contribution in [3.05, 3.63) is 29.3 Å². The lowest BCUT2D eigenvalue weighted by atomic mass is 10.1. The van der Waals surface area contributed by atoms with Gasteiger partial charge < -0.3 is 14.8 Å². The van der Waals surface area contributed by atoms with Crippen molar-refractivity contribution in [1.29, 1.82) is 0 Å². The number of para-hydroxylation sites is 1. The molecule has 1 aliphatic heterocycles. The van der Waals surface area contributed by atoms with Gasteiger partial charge in [0.05, 0.1) is 13.2 Å². The molecule has 112 valence electrons. The molecule has 3 nitrogen and oxygen atoms in total. The highest BCUT2D eigenvalue weighted by Crippen LogP contribution is 2.27. The molecule has 20 heavy (non-hydrogen) atoms. The van der Waals surface area contributed by atoms with E-state index in [1.165, 1.54) is 11.1 Å². The van der Waals surface area contributed by atoms with Gasteiger partial charge in [0.25, 0.3) is 0 Å². The fraction of sp³-hybridized carbons (Fsp3) is 0.647. The second kappa shape index (κ2) is 6.59. The predicted molar refractivity (Wildman–Crippen MR) is 82.2 cm³/mol. The van der Waals surface area contributed by atoms with Crippen LogP contribution in [-0.4, -0.2) is 24.9 Å². The average molecular weight is 277 g/mol. The van der Waals surface area contributed by atoms with Crippen LogP contribution in [-0.2, 0) is 11.3 Å². The quantitative estimate of drug-likeness (QED) is 0.914. The lowest BCUT2D eigenvalue weighted by Crippen LogP contribution is -2.35. The fourth-order valence-corrected chi connectivity index (χ4v) is 2.34. The zero-order valence-corrected chi connectivity index (χ0v) is 13.2. The number of rotatable bonds is 4. The number of hydrogen-bond acceptors (Lipinski definition) is 3. The van der Waals surface area contributed by atoms with E-state index in [0.717, 1.165) is 38.3 Å². The normalized spacial score (nSPS) is 17.2. The molecule has 2 rings (SSSR count). The molecule has 0 saturated carbocycles. The number of aryl methyl sites for hydroxylation is 1. The molecule has 0 spiro atoms. The van der Waals surface area contributed by atoms with Crippen LogP contribution < -0.4 is 10.1 Å². The Bertz CT molecular complexity index is 431. The van der Waals surface area contributed by atoms with Gasteiger partial charge in [-0.3, -0.25) is 0 Å². The lowest BCUT2D eigenvalue weighted by molar-refractivity contribution is 0.0248. The molecular weight excluding hydrogens is 250 g/mol. The van der Waals surface area contributed by atoms with Crippen LogP contribution in [0, 0.1) is 6.92 Å². The molecule has 1 aliphatic rings. The lowest BCUT2D eigenvalue weighted by Gasteiger charge is -2.27. The molecule has 0 atom stereocenters. The summed E-state index contributed by atoms with van der Waals surface area (Å²) < 4.78 is 11.7. The maximum absolute atomic E-state index is 6.26. The van der Waals surface area contributed by atoms with Gasteiger partial charge in [0.2, 0.25) is 0 Å². The standard InChI is InChI=1S/C17H27NO2/c1-13-6-5-7-14(12-18-17(2,3)4)16(13)20-15-8-10-19-11-9-15/h5-7,15,18H,8-12H2,1-4H3. The van der Waals surface area contributed by atoms with E-state index in [2.05, 4.69) is 51.2 Å². The second-order valence-corrected chi connectivity index (χ2v) is 6.60. The van der Waals surface area contributed by atoms with Crippen LogP contribution in [0.25, 0.3) is 0 Å². The molecule has 0 amide bonds. The van der Waals surface area contributed by atoms with Crippen LogP contribution >= 0.6 is 0 Å². The second-order valence-electron chi connectivity index (χ2n) is 6.60. The maximum Gasteiger partial charge on any atom is 0.127 e. The maximum atomic E-state index is 6.26. The Morgan fingerprint density at radius 1 is 1.25 bits per heavy atom. The first-order chi connectivity index (χ1) is 9.46. The first-order valence-electron chi connectivity index (χ1n) is 7.53. The summed E-state index contributed by atoms with van der Waals surface area (Å²) in [7, 11) is 0. The minimum atomic E-state index is 0.111. The van der Waals surface area contributed by atoms with Gasteiger partial charge in [0.1, 0.15) is 11.9 Å². The molecular formula is C17H27NO2. The number of benzene rings is 1. The van der Waals surface area contributed by atoms with Crippen molar-refractivity contribution in [2.75, 3.05) is 13.2 Å². The van der Waals surface area contributed by atoms with Gasteiger partial charge in [-0.25, -0.2) is 0 Å². The third-order valence-corrected chi connectivity index (χ3v) is 3.56. The van der Waals surface area contributed by atoms with E-state index in [9.17, 15) is 0 Å². The van der Waals surface area contributed by atoms with Crippen molar-refractivity contribution >= 4 is 0 Å². The Morgan fingerprint density at radius 2 is 1.95 bits per heavy atom. The molecule has 0 unspecified atom stereocenters. The minimum Gasteiger partial charge on any atom is -0.490 e. The highest BCUT2D eigenvalue weighted by atomic mass is 16.5. The summed E-state index contributed by atoms with van der Waals surface area (Å²) in [6.07, 6.45) is 2.26. The summed E-state index contributed by atoms with van der Waals surface area (Å²) in [6.45, 7) is 11.1. The van der Waals surface area contributed by atoms with Crippen molar-refractivity contribution in [2.45, 2.75) is 58.7 Å². The van der Waals surface area contributed by atoms with Crippen LogP contribution in [0.4, 0.5) is 0 Å². The molecule has 0 aliphatic carbocycles. The summed E-state index contributed by atoms with van der Waals surface area (Å²) in [4.78, 5) is 0. The summed E-state index contributed by atoms with van der Waals surface area (Å²) in [5.74, 6) is 1.05. The van der Waals surface area contributed by atoms with E-state index in [-0.39, 0.29) is 5.54 Å². The van der Waals surface area contributed by atoms with Crippen LogP contribution in [0.3, 0.4) is 0 Å².